The van der Waals surface area contributed by atoms with E-state index < -0.39 is 6.95 Å². The summed E-state index contributed by atoms with van der Waals surface area (Å²) in [6.07, 6.45) is 0. The van der Waals surface area contributed by atoms with E-state index in [-0.39, 0.29) is 0 Å². The molecule has 0 amide bonds. The summed E-state index contributed by atoms with van der Waals surface area (Å²) in [5.41, 5.74) is 5.17. The van der Waals surface area contributed by atoms with Gasteiger partial charge >= 0.3 is 6.95 Å². The number of aryl methyl sites for hydroxylation is 1. The van der Waals surface area contributed by atoms with Gasteiger partial charge in [0.2, 0.25) is 0 Å². The first-order chi connectivity index (χ1) is 9.28. The van der Waals surface area contributed by atoms with Crippen molar-refractivity contribution in [2.75, 3.05) is 0 Å². The molecule has 0 spiro atoms. The zero-order valence-corrected chi connectivity index (χ0v) is 13.2. The molecular weight excluding hydrogens is 295 g/mol. The molecule has 5 heteroatoms. The maximum absolute atomic E-state index is 11.1. The molecule has 1 N–H and O–H groups in total. The first kappa shape index (κ1) is 15.1. The van der Waals surface area contributed by atoms with Gasteiger partial charge in [-0.3, -0.25) is 0 Å². The molecule has 0 aliphatic rings. The normalized spacial score (nSPS) is 13.8. The Labute approximate surface area is 123 Å². The summed E-state index contributed by atoms with van der Waals surface area (Å²) in [5.74, 6) is 0.333. The smallest absolute Gasteiger partial charge is 0.413 e. The van der Waals surface area contributed by atoms with E-state index >= 15 is 0 Å². The largest absolute Gasteiger partial charge is 0.474 e. The predicted molar refractivity (Wildman–Crippen MR) is 82.4 cm³/mol. The van der Waals surface area contributed by atoms with Crippen molar-refractivity contribution >= 4 is 18.2 Å². The van der Waals surface area contributed by atoms with Crippen LogP contribution >= 0.6 is 18.2 Å². The molecule has 106 valence electrons. The number of halogens is 1. The van der Waals surface area contributed by atoms with E-state index in [1.165, 1.54) is 5.56 Å². The van der Waals surface area contributed by atoms with Crippen LogP contribution in [0.4, 0.5) is 0 Å². The van der Waals surface area contributed by atoms with Crippen molar-refractivity contribution in [2.45, 2.75) is 20.8 Å². The van der Waals surface area contributed by atoms with Crippen molar-refractivity contribution < 1.29 is 14.0 Å². The summed E-state index contributed by atoms with van der Waals surface area (Å²) in [5, 5.41) is 0. The maximum Gasteiger partial charge on any atom is 0.474 e. The number of rotatable bonds is 3. The van der Waals surface area contributed by atoms with Gasteiger partial charge in [-0.05, 0) is 49.1 Å². The highest BCUT2D eigenvalue weighted by atomic mass is 35.7. The predicted octanol–water partition coefficient (Wildman–Crippen LogP) is 5.00. The molecule has 2 rings (SSSR count). The number of benzene rings is 2. The Bertz CT molecular complexity index is 674. The van der Waals surface area contributed by atoms with Gasteiger partial charge in [0.1, 0.15) is 5.75 Å². The van der Waals surface area contributed by atoms with Crippen molar-refractivity contribution in [2.24, 2.45) is 0 Å². The number of hydrogen-bond donors (Lipinski definition) is 1. The van der Waals surface area contributed by atoms with Crippen LogP contribution in [0.3, 0.4) is 0 Å². The molecule has 0 aliphatic heterocycles. The van der Waals surface area contributed by atoms with Gasteiger partial charge in [0.15, 0.2) is 0 Å². The van der Waals surface area contributed by atoms with Crippen LogP contribution in [0.25, 0.3) is 11.1 Å². The second-order valence-corrected chi connectivity index (χ2v) is 7.14. The molecular formula is C15H16ClO3P. The molecule has 0 radical (unpaired) electrons. The highest BCUT2D eigenvalue weighted by Gasteiger charge is 2.19. The van der Waals surface area contributed by atoms with E-state index in [2.05, 4.69) is 24.3 Å². The molecule has 0 saturated heterocycles. The Kier molecular flexibility index (Phi) is 4.24. The molecule has 20 heavy (non-hydrogen) atoms. The van der Waals surface area contributed by atoms with E-state index in [0.29, 0.717) is 5.75 Å². The Morgan fingerprint density at radius 3 is 2.15 bits per heavy atom. The standard InChI is InChI=1S/C15H16ClO3P/c1-10-4-6-13(7-5-10)14-8-9-15(12(3)11(14)2)19-20(16,17)18/h4-9H,1-3H3,(H,17,18). The fourth-order valence-corrected chi connectivity index (χ4v) is 2.73. The highest BCUT2D eigenvalue weighted by molar-refractivity contribution is 7.80. The summed E-state index contributed by atoms with van der Waals surface area (Å²) >= 11 is 5.26. The maximum atomic E-state index is 11.1. The SMILES string of the molecule is Cc1ccc(-c2ccc(OP(=O)(O)Cl)c(C)c2C)cc1. The average Bonchev–Trinajstić information content (AvgIpc) is 2.35. The minimum atomic E-state index is -4.06. The van der Waals surface area contributed by atoms with Crippen LogP contribution in [0.1, 0.15) is 16.7 Å². The molecule has 2 aromatic rings. The van der Waals surface area contributed by atoms with E-state index in [0.717, 1.165) is 22.3 Å². The van der Waals surface area contributed by atoms with E-state index in [4.69, 9.17) is 20.7 Å². The van der Waals surface area contributed by atoms with Crippen molar-refractivity contribution in [3.63, 3.8) is 0 Å². The van der Waals surface area contributed by atoms with Gasteiger partial charge in [-0.15, -0.1) is 0 Å². The van der Waals surface area contributed by atoms with Gasteiger partial charge in [-0.1, -0.05) is 35.9 Å². The second kappa shape index (κ2) is 5.61. The molecule has 0 heterocycles. The summed E-state index contributed by atoms with van der Waals surface area (Å²) in [6, 6.07) is 11.7. The molecule has 0 bridgehead atoms. The molecule has 3 nitrogen and oxygen atoms in total. The fraction of sp³-hybridized carbons (Fsp3) is 0.200. The van der Waals surface area contributed by atoms with Gasteiger partial charge in [0.25, 0.3) is 0 Å². The van der Waals surface area contributed by atoms with Crippen LogP contribution in [0.15, 0.2) is 36.4 Å². The third kappa shape index (κ3) is 3.43. The lowest BCUT2D eigenvalue weighted by atomic mass is 9.96. The first-order valence-electron chi connectivity index (χ1n) is 6.17. The van der Waals surface area contributed by atoms with Crippen molar-refractivity contribution in [1.29, 1.82) is 0 Å². The molecule has 0 aliphatic carbocycles. The topological polar surface area (TPSA) is 46.5 Å². The summed E-state index contributed by atoms with van der Waals surface area (Å²) in [7, 11) is 0. The number of hydrogen-bond acceptors (Lipinski definition) is 2. The van der Waals surface area contributed by atoms with Gasteiger partial charge in [-0.25, -0.2) is 4.57 Å². The van der Waals surface area contributed by atoms with Crippen LogP contribution in [0.5, 0.6) is 5.75 Å². The van der Waals surface area contributed by atoms with E-state index in [1.807, 2.05) is 26.8 Å². The quantitative estimate of drug-likeness (QED) is 0.812. The van der Waals surface area contributed by atoms with Crippen molar-refractivity contribution in [3.05, 3.63) is 53.1 Å². The average molecular weight is 311 g/mol. The van der Waals surface area contributed by atoms with Gasteiger partial charge in [0, 0.05) is 11.2 Å². The third-order valence-electron chi connectivity index (χ3n) is 3.31. The zero-order chi connectivity index (χ0) is 14.9. The minimum absolute atomic E-state index is 0.333. The van der Waals surface area contributed by atoms with Gasteiger partial charge in [0.05, 0.1) is 0 Å². The molecule has 0 aromatic heterocycles. The monoisotopic (exact) mass is 310 g/mol. The zero-order valence-electron chi connectivity index (χ0n) is 11.6. The third-order valence-corrected chi connectivity index (χ3v) is 3.94. The summed E-state index contributed by atoms with van der Waals surface area (Å²) in [6.45, 7) is 1.78. The fourth-order valence-electron chi connectivity index (χ4n) is 2.06. The van der Waals surface area contributed by atoms with Crippen LogP contribution in [-0.4, -0.2) is 4.89 Å². The van der Waals surface area contributed by atoms with E-state index in [9.17, 15) is 4.57 Å². The van der Waals surface area contributed by atoms with Crippen LogP contribution in [-0.2, 0) is 4.57 Å². The van der Waals surface area contributed by atoms with E-state index in [1.54, 1.807) is 6.07 Å². The van der Waals surface area contributed by atoms with Crippen molar-refractivity contribution in [1.82, 2.24) is 0 Å². The van der Waals surface area contributed by atoms with Gasteiger partial charge < -0.3 is 9.42 Å². The van der Waals surface area contributed by atoms with Crippen LogP contribution in [0.2, 0.25) is 0 Å². The molecule has 0 saturated carbocycles. The minimum Gasteiger partial charge on any atom is -0.413 e. The highest BCUT2D eigenvalue weighted by Crippen LogP contribution is 2.49. The lowest BCUT2D eigenvalue weighted by Crippen LogP contribution is -1.94. The Hall–Kier alpha value is -1.28. The molecule has 1 unspecified atom stereocenters. The molecule has 2 aromatic carbocycles. The van der Waals surface area contributed by atoms with Gasteiger partial charge in [-0.2, -0.15) is 0 Å². The Morgan fingerprint density at radius 1 is 1.00 bits per heavy atom. The Morgan fingerprint density at radius 2 is 1.60 bits per heavy atom. The summed E-state index contributed by atoms with van der Waals surface area (Å²) in [4.78, 5) is 9.10. The molecule has 1 atom stereocenters. The molecule has 0 fully saturated rings. The second-order valence-electron chi connectivity index (χ2n) is 4.77. The lowest BCUT2D eigenvalue weighted by molar-refractivity contribution is 0.399. The van der Waals surface area contributed by atoms with Crippen molar-refractivity contribution in [3.8, 4) is 16.9 Å². The first-order valence-corrected chi connectivity index (χ1v) is 8.65. The Balaban J connectivity index is 2.46. The summed E-state index contributed by atoms with van der Waals surface area (Å²) < 4.78 is 16.0. The van der Waals surface area contributed by atoms with Crippen LogP contribution in [0, 0.1) is 20.8 Å². The lowest BCUT2D eigenvalue weighted by Gasteiger charge is -2.15. The van der Waals surface area contributed by atoms with Crippen LogP contribution < -0.4 is 4.52 Å².